The Morgan fingerprint density at radius 2 is 1.67 bits per heavy atom. The van der Waals surface area contributed by atoms with Crippen molar-refractivity contribution in [3.63, 3.8) is 0 Å². The molecule has 1 fully saturated rings. The molecular weight excluding hydrogens is 480 g/mol. The minimum absolute atomic E-state index is 0.0321. The normalized spacial score (nSPS) is 16.8. The Balaban J connectivity index is 1.92. The van der Waals surface area contributed by atoms with Crippen LogP contribution in [0.4, 0.5) is 5.69 Å². The highest BCUT2D eigenvalue weighted by Gasteiger charge is 2.47. The summed E-state index contributed by atoms with van der Waals surface area (Å²) in [5, 5.41) is 20.7. The van der Waals surface area contributed by atoms with Crippen LogP contribution in [0.25, 0.3) is 5.76 Å². The van der Waals surface area contributed by atoms with Crippen LogP contribution in [0.1, 0.15) is 36.6 Å². The smallest absolute Gasteiger partial charge is 0.300 e. The number of ether oxygens (including phenoxy) is 2. The first-order valence-corrected chi connectivity index (χ1v) is 11.5. The first kappa shape index (κ1) is 24.8. The van der Waals surface area contributed by atoms with E-state index in [1.54, 1.807) is 60.7 Å². The van der Waals surface area contributed by atoms with Gasteiger partial charge in [-0.25, -0.2) is 0 Å². The Kier molecular flexibility index (Phi) is 7.00. The molecule has 0 spiro atoms. The van der Waals surface area contributed by atoms with E-state index in [9.17, 15) is 14.7 Å². The summed E-state index contributed by atoms with van der Waals surface area (Å²) in [6.45, 7) is 3.82. The van der Waals surface area contributed by atoms with Crippen LogP contribution in [-0.4, -0.2) is 30.0 Å². The van der Waals surface area contributed by atoms with E-state index in [1.165, 1.54) is 18.1 Å². The molecule has 1 aliphatic heterocycles. The Labute approximate surface area is 213 Å². The highest BCUT2D eigenvalue weighted by atomic mass is 35.5. The number of methoxy groups -OCH3 is 1. The molecule has 3 aromatic rings. The molecule has 1 atom stereocenters. The number of carbonyl (C=O) groups is 2. The molecule has 4 rings (SSSR count). The lowest BCUT2D eigenvalue weighted by Crippen LogP contribution is -2.29. The number of hydrogen-bond donors (Lipinski definition) is 1. The molecule has 1 amide bonds. The lowest BCUT2D eigenvalue weighted by Gasteiger charge is -2.26. The Bertz CT molecular complexity index is 1390. The maximum absolute atomic E-state index is 13.3. The van der Waals surface area contributed by atoms with E-state index in [4.69, 9.17) is 26.3 Å². The predicted molar refractivity (Wildman–Crippen MR) is 136 cm³/mol. The lowest BCUT2D eigenvalue weighted by molar-refractivity contribution is -0.132. The zero-order valence-electron chi connectivity index (χ0n) is 19.9. The minimum atomic E-state index is -0.951. The number of aliphatic hydroxyl groups excluding tert-OH is 1. The third kappa shape index (κ3) is 4.64. The largest absolute Gasteiger partial charge is 0.507 e. The van der Waals surface area contributed by atoms with Gasteiger partial charge in [0.05, 0.1) is 41.5 Å². The maximum Gasteiger partial charge on any atom is 0.300 e. The van der Waals surface area contributed by atoms with E-state index in [0.717, 1.165) is 0 Å². The summed E-state index contributed by atoms with van der Waals surface area (Å²) >= 11 is 6.35. The number of amides is 1. The fourth-order valence-corrected chi connectivity index (χ4v) is 4.28. The van der Waals surface area contributed by atoms with Gasteiger partial charge >= 0.3 is 0 Å². The van der Waals surface area contributed by atoms with Crippen molar-refractivity contribution in [1.29, 1.82) is 5.26 Å². The van der Waals surface area contributed by atoms with Crippen LogP contribution < -0.4 is 14.4 Å². The summed E-state index contributed by atoms with van der Waals surface area (Å²) in [5.41, 5.74) is 1.44. The molecule has 1 N–H and O–H groups in total. The number of halogens is 1. The topological polar surface area (TPSA) is 99.9 Å². The number of nitrogens with zero attached hydrogens (tertiary/aromatic N) is 2. The first-order valence-electron chi connectivity index (χ1n) is 11.2. The number of rotatable bonds is 6. The number of anilines is 1. The van der Waals surface area contributed by atoms with E-state index >= 15 is 0 Å². The van der Waals surface area contributed by atoms with Gasteiger partial charge in [0, 0.05) is 11.3 Å². The van der Waals surface area contributed by atoms with E-state index < -0.39 is 23.5 Å². The fraction of sp³-hybridized carbons (Fsp3) is 0.179. The number of benzene rings is 3. The summed E-state index contributed by atoms with van der Waals surface area (Å²) in [6.07, 6.45) is -0.0321. The van der Waals surface area contributed by atoms with Crippen molar-refractivity contribution in [2.24, 2.45) is 0 Å². The van der Waals surface area contributed by atoms with Gasteiger partial charge in [0.15, 0.2) is 0 Å². The van der Waals surface area contributed by atoms with Crippen LogP contribution in [0.2, 0.25) is 5.02 Å². The Morgan fingerprint density at radius 1 is 1.03 bits per heavy atom. The number of ketones is 1. The van der Waals surface area contributed by atoms with Gasteiger partial charge in [-0.2, -0.15) is 5.26 Å². The molecule has 0 radical (unpaired) electrons. The molecule has 0 saturated carbocycles. The van der Waals surface area contributed by atoms with Crippen LogP contribution in [-0.2, 0) is 9.59 Å². The molecule has 36 heavy (non-hydrogen) atoms. The number of Topliss-reactive ketones (excluding diaryl/α,β-unsaturated/α-hetero) is 1. The molecule has 1 heterocycles. The van der Waals surface area contributed by atoms with E-state index in [2.05, 4.69) is 0 Å². The molecule has 1 unspecified atom stereocenters. The Hall–Kier alpha value is -4.28. The molecule has 3 aromatic carbocycles. The highest BCUT2D eigenvalue weighted by Crippen LogP contribution is 2.43. The standard InChI is InChI=1S/C28H23ClN2O5/c1-16(2)36-20-10-6-18(7-11-20)25-24(26(32)22-14-21(35-3)12-13-23(22)29)27(33)28(34)31(25)19-8-4-17(15-30)5-9-19/h4-14,16,25,32H,1-3H3/b26-24+. The summed E-state index contributed by atoms with van der Waals surface area (Å²) in [4.78, 5) is 27.9. The van der Waals surface area contributed by atoms with Gasteiger partial charge in [0.25, 0.3) is 11.7 Å². The van der Waals surface area contributed by atoms with Crippen molar-refractivity contribution in [1.82, 2.24) is 0 Å². The number of carbonyl (C=O) groups excluding carboxylic acids is 2. The average molecular weight is 503 g/mol. The molecule has 1 saturated heterocycles. The van der Waals surface area contributed by atoms with Crippen LogP contribution >= 0.6 is 11.6 Å². The molecule has 1 aliphatic rings. The van der Waals surface area contributed by atoms with Crippen molar-refractivity contribution < 1.29 is 24.2 Å². The minimum Gasteiger partial charge on any atom is -0.507 e. The van der Waals surface area contributed by atoms with Gasteiger partial charge in [0.2, 0.25) is 0 Å². The van der Waals surface area contributed by atoms with Crippen molar-refractivity contribution in [3.8, 4) is 17.6 Å². The molecule has 8 heteroatoms. The summed E-state index contributed by atoms with van der Waals surface area (Å²) in [6, 6.07) is 19.0. The van der Waals surface area contributed by atoms with Crippen LogP contribution in [0, 0.1) is 11.3 Å². The highest BCUT2D eigenvalue weighted by molar-refractivity contribution is 6.52. The number of aliphatic hydroxyl groups is 1. The van der Waals surface area contributed by atoms with Gasteiger partial charge in [-0.3, -0.25) is 14.5 Å². The van der Waals surface area contributed by atoms with Crippen LogP contribution in [0.3, 0.4) is 0 Å². The third-order valence-electron chi connectivity index (χ3n) is 5.72. The molecule has 0 aliphatic carbocycles. The summed E-state index contributed by atoms with van der Waals surface area (Å²) in [7, 11) is 1.47. The van der Waals surface area contributed by atoms with Crippen LogP contribution in [0.5, 0.6) is 11.5 Å². The van der Waals surface area contributed by atoms with E-state index in [0.29, 0.717) is 28.3 Å². The molecule has 7 nitrogen and oxygen atoms in total. The van der Waals surface area contributed by atoms with Gasteiger partial charge in [0.1, 0.15) is 17.3 Å². The van der Waals surface area contributed by atoms with Gasteiger partial charge in [-0.15, -0.1) is 0 Å². The van der Waals surface area contributed by atoms with E-state index in [1.807, 2.05) is 19.9 Å². The molecule has 0 bridgehead atoms. The molecule has 182 valence electrons. The van der Waals surface area contributed by atoms with Crippen molar-refractivity contribution in [3.05, 3.63) is 94.0 Å². The Morgan fingerprint density at radius 3 is 2.25 bits per heavy atom. The van der Waals surface area contributed by atoms with Gasteiger partial charge in [-0.05, 0) is 74.0 Å². The fourth-order valence-electron chi connectivity index (χ4n) is 4.07. The van der Waals surface area contributed by atoms with Crippen molar-refractivity contribution in [2.45, 2.75) is 26.0 Å². The monoisotopic (exact) mass is 502 g/mol. The SMILES string of the molecule is COc1ccc(Cl)c(/C(O)=C2\C(=O)C(=O)N(c3ccc(C#N)cc3)C2c2ccc(OC(C)C)cc2)c1. The summed E-state index contributed by atoms with van der Waals surface area (Å²) in [5.74, 6) is -1.04. The number of hydrogen-bond acceptors (Lipinski definition) is 6. The second-order valence-corrected chi connectivity index (χ2v) is 8.82. The maximum atomic E-state index is 13.3. The molecule has 0 aromatic heterocycles. The quantitative estimate of drug-likeness (QED) is 0.266. The third-order valence-corrected chi connectivity index (χ3v) is 6.04. The summed E-state index contributed by atoms with van der Waals surface area (Å²) < 4.78 is 11.0. The lowest BCUT2D eigenvalue weighted by atomic mass is 9.95. The second kappa shape index (κ2) is 10.1. The predicted octanol–water partition coefficient (Wildman–Crippen LogP) is 5.63. The van der Waals surface area contributed by atoms with Crippen molar-refractivity contribution >= 4 is 34.7 Å². The zero-order chi connectivity index (χ0) is 26.0. The molecular formula is C28H23ClN2O5. The van der Waals surface area contributed by atoms with Crippen LogP contribution in [0.15, 0.2) is 72.3 Å². The van der Waals surface area contributed by atoms with Gasteiger partial charge < -0.3 is 14.6 Å². The second-order valence-electron chi connectivity index (χ2n) is 8.41. The first-order chi connectivity index (χ1) is 17.2. The average Bonchev–Trinajstić information content (AvgIpc) is 3.14. The zero-order valence-corrected chi connectivity index (χ0v) is 20.6. The van der Waals surface area contributed by atoms with Crippen molar-refractivity contribution in [2.75, 3.05) is 12.0 Å². The number of nitriles is 1. The van der Waals surface area contributed by atoms with E-state index in [-0.39, 0.29) is 22.3 Å². The van der Waals surface area contributed by atoms with Gasteiger partial charge in [-0.1, -0.05) is 23.7 Å².